The number of benzene rings is 2. The van der Waals surface area contributed by atoms with Crippen molar-refractivity contribution in [2.75, 3.05) is 32.8 Å². The molecule has 3 aromatic rings. The van der Waals surface area contributed by atoms with E-state index in [9.17, 15) is 4.79 Å². The van der Waals surface area contributed by atoms with E-state index in [-0.39, 0.29) is 12.5 Å². The molecule has 0 unspecified atom stereocenters. The third kappa shape index (κ3) is 6.58. The molecule has 0 atom stereocenters. The quantitative estimate of drug-likeness (QED) is 0.447. The Morgan fingerprint density at radius 3 is 2.47 bits per heavy atom. The van der Waals surface area contributed by atoms with Crippen molar-refractivity contribution in [3.05, 3.63) is 42.5 Å². The van der Waals surface area contributed by atoms with E-state index in [0.717, 1.165) is 12.0 Å². The van der Waals surface area contributed by atoms with Crippen LogP contribution in [0.5, 0.6) is 23.0 Å². The summed E-state index contributed by atoms with van der Waals surface area (Å²) in [4.78, 5) is 12.3. The molecular formula is C23H27N3O5S. The van der Waals surface area contributed by atoms with Gasteiger partial charge in [0.1, 0.15) is 16.5 Å². The van der Waals surface area contributed by atoms with Crippen LogP contribution >= 0.6 is 11.3 Å². The Labute approximate surface area is 191 Å². The number of hydrogen-bond acceptors (Lipinski definition) is 8. The largest absolute Gasteiger partial charge is 0.493 e. The number of nitrogens with zero attached hydrogens (tertiary/aromatic N) is 2. The van der Waals surface area contributed by atoms with Crippen molar-refractivity contribution in [1.82, 2.24) is 10.2 Å². The fraction of sp³-hybridized carbons (Fsp3) is 0.348. The summed E-state index contributed by atoms with van der Waals surface area (Å²) in [7, 11) is 3.15. The Morgan fingerprint density at radius 1 is 1.00 bits per heavy atom. The summed E-state index contributed by atoms with van der Waals surface area (Å²) in [6.07, 6.45) is 0.973. The first-order chi connectivity index (χ1) is 15.5. The molecule has 3 rings (SSSR count). The van der Waals surface area contributed by atoms with Crippen LogP contribution in [0.1, 0.15) is 20.3 Å². The van der Waals surface area contributed by atoms with Gasteiger partial charge in [-0.05, 0) is 42.7 Å². The fourth-order valence-electron chi connectivity index (χ4n) is 2.73. The van der Waals surface area contributed by atoms with Crippen molar-refractivity contribution >= 4 is 22.4 Å². The van der Waals surface area contributed by atoms with Crippen LogP contribution in [0.3, 0.4) is 0 Å². The van der Waals surface area contributed by atoms with Crippen molar-refractivity contribution in [2.24, 2.45) is 5.92 Å². The number of aromatic nitrogens is 2. The highest BCUT2D eigenvalue weighted by molar-refractivity contribution is 7.18. The second kappa shape index (κ2) is 11.3. The molecule has 0 fully saturated rings. The predicted molar refractivity (Wildman–Crippen MR) is 124 cm³/mol. The molecule has 0 radical (unpaired) electrons. The molecule has 0 saturated heterocycles. The van der Waals surface area contributed by atoms with Gasteiger partial charge < -0.3 is 18.9 Å². The Bertz CT molecular complexity index is 1040. The molecule has 32 heavy (non-hydrogen) atoms. The third-order valence-corrected chi connectivity index (χ3v) is 5.33. The van der Waals surface area contributed by atoms with Gasteiger partial charge in [0.05, 0.1) is 20.8 Å². The third-order valence-electron chi connectivity index (χ3n) is 4.44. The Balaban J connectivity index is 1.54. The SMILES string of the molecule is COc1ccc(-c2nnc(NC(=O)COc3cccc(OCCC(C)C)c3)s2)cc1OC. The second-order valence-corrected chi connectivity index (χ2v) is 8.30. The summed E-state index contributed by atoms with van der Waals surface area (Å²) in [5.74, 6) is 2.74. The minimum Gasteiger partial charge on any atom is -0.493 e. The van der Waals surface area contributed by atoms with E-state index in [1.54, 1.807) is 32.4 Å². The van der Waals surface area contributed by atoms with Crippen LogP contribution in [0.25, 0.3) is 10.6 Å². The van der Waals surface area contributed by atoms with Crippen LogP contribution in [-0.2, 0) is 4.79 Å². The maximum absolute atomic E-state index is 12.3. The standard InChI is InChI=1S/C23H27N3O5S/c1-15(2)10-11-30-17-6-5-7-18(13-17)31-14-21(27)24-23-26-25-22(32-23)16-8-9-19(28-3)20(12-16)29-4/h5-9,12-13,15H,10-11,14H2,1-4H3,(H,24,26,27). The maximum Gasteiger partial charge on any atom is 0.264 e. The minimum atomic E-state index is -0.328. The van der Waals surface area contributed by atoms with Gasteiger partial charge in [0.15, 0.2) is 18.1 Å². The number of nitrogens with one attached hydrogen (secondary N) is 1. The molecule has 0 aliphatic carbocycles. The van der Waals surface area contributed by atoms with Crippen LogP contribution in [0, 0.1) is 5.92 Å². The normalized spacial score (nSPS) is 10.7. The van der Waals surface area contributed by atoms with Gasteiger partial charge in [0, 0.05) is 11.6 Å². The average Bonchev–Trinajstić information content (AvgIpc) is 3.25. The Kier molecular flexibility index (Phi) is 8.27. The zero-order chi connectivity index (χ0) is 22.9. The molecule has 0 bridgehead atoms. The lowest BCUT2D eigenvalue weighted by Gasteiger charge is -2.10. The summed E-state index contributed by atoms with van der Waals surface area (Å²) in [5, 5.41) is 11.9. The molecule has 2 aromatic carbocycles. The highest BCUT2D eigenvalue weighted by atomic mass is 32.1. The molecule has 0 spiro atoms. The number of carbonyl (C=O) groups excluding carboxylic acids is 1. The summed E-state index contributed by atoms with van der Waals surface area (Å²) in [6.45, 7) is 4.79. The van der Waals surface area contributed by atoms with Gasteiger partial charge in [-0.25, -0.2) is 0 Å². The molecule has 1 amide bonds. The van der Waals surface area contributed by atoms with E-state index in [1.165, 1.54) is 11.3 Å². The van der Waals surface area contributed by atoms with Crippen LogP contribution in [0.4, 0.5) is 5.13 Å². The van der Waals surface area contributed by atoms with E-state index >= 15 is 0 Å². The Hall–Kier alpha value is -3.33. The molecule has 0 saturated carbocycles. The van der Waals surface area contributed by atoms with E-state index in [2.05, 4.69) is 29.4 Å². The topological polar surface area (TPSA) is 91.8 Å². The van der Waals surface area contributed by atoms with Gasteiger partial charge in [-0.3, -0.25) is 10.1 Å². The number of anilines is 1. The van der Waals surface area contributed by atoms with Gasteiger partial charge in [-0.1, -0.05) is 31.3 Å². The fourth-order valence-corrected chi connectivity index (χ4v) is 3.49. The highest BCUT2D eigenvalue weighted by Crippen LogP contribution is 2.34. The van der Waals surface area contributed by atoms with Gasteiger partial charge in [-0.2, -0.15) is 0 Å². The van der Waals surface area contributed by atoms with Gasteiger partial charge in [0.2, 0.25) is 5.13 Å². The van der Waals surface area contributed by atoms with E-state index in [4.69, 9.17) is 18.9 Å². The molecule has 170 valence electrons. The summed E-state index contributed by atoms with van der Waals surface area (Å²) >= 11 is 1.26. The first kappa shape index (κ1) is 23.3. The smallest absolute Gasteiger partial charge is 0.264 e. The van der Waals surface area contributed by atoms with Gasteiger partial charge in [-0.15, -0.1) is 10.2 Å². The molecule has 1 heterocycles. The minimum absolute atomic E-state index is 0.152. The maximum atomic E-state index is 12.3. The zero-order valence-corrected chi connectivity index (χ0v) is 19.4. The van der Waals surface area contributed by atoms with E-state index in [1.807, 2.05) is 24.3 Å². The van der Waals surface area contributed by atoms with E-state index in [0.29, 0.717) is 45.7 Å². The lowest BCUT2D eigenvalue weighted by molar-refractivity contribution is -0.118. The van der Waals surface area contributed by atoms with Crippen LogP contribution < -0.4 is 24.3 Å². The number of carbonyl (C=O) groups is 1. The molecule has 9 heteroatoms. The first-order valence-corrected chi connectivity index (χ1v) is 11.0. The van der Waals surface area contributed by atoms with Gasteiger partial charge in [0.25, 0.3) is 5.91 Å². The van der Waals surface area contributed by atoms with Crippen molar-refractivity contribution in [3.8, 4) is 33.6 Å². The van der Waals surface area contributed by atoms with Crippen molar-refractivity contribution in [1.29, 1.82) is 0 Å². The zero-order valence-electron chi connectivity index (χ0n) is 18.6. The molecule has 1 N–H and O–H groups in total. The van der Waals surface area contributed by atoms with E-state index < -0.39 is 0 Å². The number of ether oxygens (including phenoxy) is 4. The molecule has 8 nitrogen and oxygen atoms in total. The highest BCUT2D eigenvalue weighted by Gasteiger charge is 2.13. The molecule has 0 aliphatic rings. The first-order valence-electron chi connectivity index (χ1n) is 10.2. The van der Waals surface area contributed by atoms with Crippen molar-refractivity contribution < 1.29 is 23.7 Å². The lowest BCUT2D eigenvalue weighted by Crippen LogP contribution is -2.20. The summed E-state index contributed by atoms with van der Waals surface area (Å²) in [5.41, 5.74) is 0.811. The lowest BCUT2D eigenvalue weighted by atomic mass is 10.1. The van der Waals surface area contributed by atoms with Gasteiger partial charge >= 0.3 is 0 Å². The van der Waals surface area contributed by atoms with Crippen LogP contribution in [0.2, 0.25) is 0 Å². The predicted octanol–water partition coefficient (Wildman–Crippen LogP) is 4.66. The summed E-state index contributed by atoms with van der Waals surface area (Å²) in [6, 6.07) is 12.7. The second-order valence-electron chi connectivity index (χ2n) is 7.32. The molecular weight excluding hydrogens is 430 g/mol. The monoisotopic (exact) mass is 457 g/mol. The number of methoxy groups -OCH3 is 2. The number of hydrogen-bond donors (Lipinski definition) is 1. The summed E-state index contributed by atoms with van der Waals surface area (Å²) < 4.78 is 21.9. The van der Waals surface area contributed by atoms with Crippen molar-refractivity contribution in [2.45, 2.75) is 20.3 Å². The Morgan fingerprint density at radius 2 is 1.75 bits per heavy atom. The number of rotatable bonds is 11. The molecule has 1 aromatic heterocycles. The van der Waals surface area contributed by atoms with Crippen LogP contribution in [-0.4, -0.2) is 43.5 Å². The average molecular weight is 458 g/mol. The molecule has 0 aliphatic heterocycles. The number of amides is 1. The van der Waals surface area contributed by atoms with Crippen LogP contribution in [0.15, 0.2) is 42.5 Å². The van der Waals surface area contributed by atoms with Crippen molar-refractivity contribution in [3.63, 3.8) is 0 Å².